The van der Waals surface area contributed by atoms with Crippen LogP contribution in [0.4, 0.5) is 11.4 Å². The van der Waals surface area contributed by atoms with Crippen molar-refractivity contribution in [1.29, 1.82) is 0 Å². The standard InChI is InChI=1S/C13H20N2O3/c1-9-7-10(15-5-3-4-6-16)8-11(12(9)14)13(17)18-2/h7-8,15-16H,3-6,14H2,1-2H3. The molecule has 0 saturated heterocycles. The summed E-state index contributed by atoms with van der Waals surface area (Å²) >= 11 is 0. The molecular weight excluding hydrogens is 232 g/mol. The lowest BCUT2D eigenvalue weighted by molar-refractivity contribution is 0.0602. The molecule has 0 bridgehead atoms. The molecule has 1 rings (SSSR count). The van der Waals surface area contributed by atoms with Crippen LogP contribution in [0.3, 0.4) is 0 Å². The quantitative estimate of drug-likeness (QED) is 0.406. The van der Waals surface area contributed by atoms with Crippen LogP contribution in [0, 0.1) is 6.92 Å². The number of nitrogens with one attached hydrogen (secondary N) is 1. The number of unbranched alkanes of at least 4 members (excludes halogenated alkanes) is 1. The number of hydrogen-bond donors (Lipinski definition) is 3. The summed E-state index contributed by atoms with van der Waals surface area (Å²) < 4.78 is 4.69. The Hall–Kier alpha value is -1.75. The van der Waals surface area contributed by atoms with Gasteiger partial charge in [-0.2, -0.15) is 0 Å². The van der Waals surface area contributed by atoms with E-state index in [0.717, 1.165) is 30.6 Å². The minimum atomic E-state index is -0.436. The zero-order valence-electron chi connectivity index (χ0n) is 10.8. The van der Waals surface area contributed by atoms with Gasteiger partial charge in [0.25, 0.3) is 0 Å². The van der Waals surface area contributed by atoms with Crippen LogP contribution in [0.1, 0.15) is 28.8 Å². The Balaban J connectivity index is 2.81. The molecule has 18 heavy (non-hydrogen) atoms. The monoisotopic (exact) mass is 252 g/mol. The number of methoxy groups -OCH3 is 1. The van der Waals surface area contributed by atoms with Crippen molar-refractivity contribution < 1.29 is 14.6 Å². The van der Waals surface area contributed by atoms with Crippen LogP contribution < -0.4 is 11.1 Å². The highest BCUT2D eigenvalue weighted by molar-refractivity contribution is 5.97. The van der Waals surface area contributed by atoms with Crippen molar-refractivity contribution in [2.75, 3.05) is 31.3 Å². The number of carbonyl (C=O) groups is 1. The fourth-order valence-corrected chi connectivity index (χ4v) is 1.65. The number of nitrogen functional groups attached to an aromatic ring is 1. The fraction of sp³-hybridized carbons (Fsp3) is 0.462. The number of ether oxygens (including phenoxy) is 1. The molecule has 0 spiro atoms. The molecule has 1 aromatic rings. The average Bonchev–Trinajstić information content (AvgIpc) is 2.37. The Bertz CT molecular complexity index is 419. The van der Waals surface area contributed by atoms with Crippen molar-refractivity contribution in [2.45, 2.75) is 19.8 Å². The predicted octanol–water partition coefficient (Wildman–Crippen LogP) is 1.55. The third kappa shape index (κ3) is 3.63. The van der Waals surface area contributed by atoms with E-state index in [-0.39, 0.29) is 6.61 Å². The average molecular weight is 252 g/mol. The third-order valence-electron chi connectivity index (χ3n) is 2.71. The highest BCUT2D eigenvalue weighted by Crippen LogP contribution is 2.23. The molecule has 1 aromatic carbocycles. The van der Waals surface area contributed by atoms with Gasteiger partial charge in [-0.15, -0.1) is 0 Å². The van der Waals surface area contributed by atoms with Crippen molar-refractivity contribution in [1.82, 2.24) is 0 Å². The Morgan fingerprint density at radius 3 is 2.78 bits per heavy atom. The molecular formula is C13H20N2O3. The van der Waals surface area contributed by atoms with Gasteiger partial charge in [-0.25, -0.2) is 4.79 Å². The number of aryl methyl sites for hydroxylation is 1. The van der Waals surface area contributed by atoms with Crippen molar-refractivity contribution in [2.24, 2.45) is 0 Å². The number of hydrogen-bond acceptors (Lipinski definition) is 5. The summed E-state index contributed by atoms with van der Waals surface area (Å²) in [7, 11) is 1.33. The number of aliphatic hydroxyl groups is 1. The molecule has 0 heterocycles. The summed E-state index contributed by atoms with van der Waals surface area (Å²) in [5, 5.41) is 11.9. The lowest BCUT2D eigenvalue weighted by Gasteiger charge is -2.12. The maximum absolute atomic E-state index is 11.6. The van der Waals surface area contributed by atoms with Gasteiger partial charge in [-0.05, 0) is 37.5 Å². The van der Waals surface area contributed by atoms with Crippen LogP contribution in [-0.4, -0.2) is 31.3 Å². The number of anilines is 2. The van der Waals surface area contributed by atoms with Crippen molar-refractivity contribution >= 4 is 17.3 Å². The molecule has 5 heteroatoms. The Morgan fingerprint density at radius 2 is 2.17 bits per heavy atom. The highest BCUT2D eigenvalue weighted by atomic mass is 16.5. The van der Waals surface area contributed by atoms with E-state index >= 15 is 0 Å². The van der Waals surface area contributed by atoms with Gasteiger partial charge in [0.15, 0.2) is 0 Å². The lowest BCUT2D eigenvalue weighted by Crippen LogP contribution is -2.09. The minimum absolute atomic E-state index is 0.190. The SMILES string of the molecule is COC(=O)c1cc(NCCCCO)cc(C)c1N. The van der Waals surface area contributed by atoms with Gasteiger partial charge >= 0.3 is 5.97 Å². The first-order chi connectivity index (χ1) is 8.60. The number of aliphatic hydroxyl groups excluding tert-OH is 1. The zero-order valence-corrected chi connectivity index (χ0v) is 10.8. The molecule has 4 N–H and O–H groups in total. The molecule has 0 aromatic heterocycles. The van der Waals surface area contributed by atoms with Gasteiger partial charge in [0.05, 0.1) is 12.7 Å². The first kappa shape index (κ1) is 14.3. The minimum Gasteiger partial charge on any atom is -0.465 e. The van der Waals surface area contributed by atoms with Crippen LogP contribution in [0.25, 0.3) is 0 Å². The molecule has 0 aliphatic heterocycles. The Kier molecular flexibility index (Phi) is 5.45. The molecule has 100 valence electrons. The predicted molar refractivity (Wildman–Crippen MR) is 71.7 cm³/mol. The van der Waals surface area contributed by atoms with Crippen LogP contribution in [0.5, 0.6) is 0 Å². The first-order valence-electron chi connectivity index (χ1n) is 5.93. The molecule has 0 saturated carbocycles. The number of nitrogens with two attached hydrogens (primary N) is 1. The smallest absolute Gasteiger partial charge is 0.340 e. The molecule has 0 aliphatic rings. The third-order valence-corrected chi connectivity index (χ3v) is 2.71. The van der Waals surface area contributed by atoms with E-state index in [1.807, 2.05) is 13.0 Å². The van der Waals surface area contributed by atoms with Crippen LogP contribution in [-0.2, 0) is 4.74 Å². The second-order valence-electron chi connectivity index (χ2n) is 4.10. The molecule has 0 aliphatic carbocycles. The molecule has 0 amide bonds. The molecule has 0 fully saturated rings. The molecule has 0 unspecified atom stereocenters. The molecule has 0 radical (unpaired) electrons. The van der Waals surface area contributed by atoms with E-state index in [1.165, 1.54) is 7.11 Å². The Labute approximate surface area is 107 Å². The van der Waals surface area contributed by atoms with Gasteiger partial charge in [-0.3, -0.25) is 0 Å². The summed E-state index contributed by atoms with van der Waals surface area (Å²) in [6, 6.07) is 3.58. The summed E-state index contributed by atoms with van der Waals surface area (Å²) in [6.45, 7) is 2.78. The number of carbonyl (C=O) groups excluding carboxylic acids is 1. The topological polar surface area (TPSA) is 84.6 Å². The lowest BCUT2D eigenvalue weighted by atomic mass is 10.1. The maximum atomic E-state index is 11.6. The van der Waals surface area contributed by atoms with E-state index < -0.39 is 5.97 Å². The normalized spacial score (nSPS) is 10.2. The highest BCUT2D eigenvalue weighted by Gasteiger charge is 2.13. The van der Waals surface area contributed by atoms with Crippen LogP contribution in [0.15, 0.2) is 12.1 Å². The van der Waals surface area contributed by atoms with Crippen molar-refractivity contribution in [3.05, 3.63) is 23.3 Å². The van der Waals surface area contributed by atoms with Crippen LogP contribution >= 0.6 is 0 Å². The summed E-state index contributed by atoms with van der Waals surface area (Å²) in [6.07, 6.45) is 1.62. The molecule has 0 atom stereocenters. The van der Waals surface area contributed by atoms with Gasteiger partial charge in [-0.1, -0.05) is 0 Å². The zero-order chi connectivity index (χ0) is 13.5. The fourth-order valence-electron chi connectivity index (χ4n) is 1.65. The first-order valence-corrected chi connectivity index (χ1v) is 5.93. The number of rotatable bonds is 6. The Morgan fingerprint density at radius 1 is 1.44 bits per heavy atom. The molecule has 5 nitrogen and oxygen atoms in total. The van der Waals surface area contributed by atoms with Gasteiger partial charge in [0.1, 0.15) is 0 Å². The van der Waals surface area contributed by atoms with Crippen molar-refractivity contribution in [3.63, 3.8) is 0 Å². The number of esters is 1. The van der Waals surface area contributed by atoms with E-state index in [1.54, 1.807) is 6.07 Å². The van der Waals surface area contributed by atoms with Gasteiger partial charge < -0.3 is 20.9 Å². The van der Waals surface area contributed by atoms with E-state index in [4.69, 9.17) is 15.6 Å². The summed E-state index contributed by atoms with van der Waals surface area (Å²) in [5.41, 5.74) is 8.34. The maximum Gasteiger partial charge on any atom is 0.340 e. The van der Waals surface area contributed by atoms with E-state index in [0.29, 0.717) is 11.3 Å². The van der Waals surface area contributed by atoms with Crippen LogP contribution in [0.2, 0.25) is 0 Å². The van der Waals surface area contributed by atoms with E-state index in [9.17, 15) is 4.79 Å². The van der Waals surface area contributed by atoms with E-state index in [2.05, 4.69) is 5.32 Å². The summed E-state index contributed by atoms with van der Waals surface area (Å²) in [4.78, 5) is 11.6. The van der Waals surface area contributed by atoms with Gasteiger partial charge in [0.2, 0.25) is 0 Å². The van der Waals surface area contributed by atoms with Crippen molar-refractivity contribution in [3.8, 4) is 0 Å². The summed E-state index contributed by atoms with van der Waals surface area (Å²) in [5.74, 6) is -0.436. The second kappa shape index (κ2) is 6.86. The number of benzene rings is 1. The van der Waals surface area contributed by atoms with Gasteiger partial charge in [0, 0.05) is 24.5 Å². The largest absolute Gasteiger partial charge is 0.465 e. The second-order valence-corrected chi connectivity index (χ2v) is 4.10.